The van der Waals surface area contributed by atoms with E-state index in [4.69, 9.17) is 13.9 Å². The molecular formula is C30H62O4SSi. The lowest BCUT2D eigenvalue weighted by atomic mass is 10.0. The van der Waals surface area contributed by atoms with Gasteiger partial charge in [0.2, 0.25) is 9.76 Å². The lowest BCUT2D eigenvalue weighted by Crippen LogP contribution is -2.12. The number of rotatable bonds is 30. The van der Waals surface area contributed by atoms with Crippen LogP contribution in [0.25, 0.3) is 0 Å². The van der Waals surface area contributed by atoms with Crippen LogP contribution in [-0.4, -0.2) is 42.0 Å². The van der Waals surface area contributed by atoms with E-state index in [1.165, 1.54) is 135 Å². The van der Waals surface area contributed by atoms with Gasteiger partial charge in [-0.1, -0.05) is 122 Å². The molecule has 0 aliphatic heterocycles. The molecule has 0 rings (SSSR count). The third-order valence-electron chi connectivity index (χ3n) is 7.16. The van der Waals surface area contributed by atoms with Gasteiger partial charge in [0.25, 0.3) is 5.97 Å². The molecule has 0 amide bonds. The SMILES string of the molecule is COC(CCCCCCCCCCCCCCCCC(=O)O[SiH2]CCCCCCCCCCS)OC. The summed E-state index contributed by atoms with van der Waals surface area (Å²) >= 11 is 4.25. The summed E-state index contributed by atoms with van der Waals surface area (Å²) in [5.41, 5.74) is 0. The first-order valence-electron chi connectivity index (χ1n) is 15.6. The van der Waals surface area contributed by atoms with E-state index in [1.54, 1.807) is 14.2 Å². The zero-order valence-electron chi connectivity index (χ0n) is 24.2. The van der Waals surface area contributed by atoms with Crippen LogP contribution in [0.5, 0.6) is 0 Å². The van der Waals surface area contributed by atoms with Crippen LogP contribution < -0.4 is 0 Å². The summed E-state index contributed by atoms with van der Waals surface area (Å²) in [6, 6.07) is 1.16. The lowest BCUT2D eigenvalue weighted by Gasteiger charge is -2.12. The van der Waals surface area contributed by atoms with Crippen molar-refractivity contribution in [3.05, 3.63) is 0 Å². The van der Waals surface area contributed by atoms with Gasteiger partial charge in [0.1, 0.15) is 0 Å². The Morgan fingerprint density at radius 1 is 0.583 bits per heavy atom. The first kappa shape index (κ1) is 36.0. The van der Waals surface area contributed by atoms with E-state index in [1.807, 2.05) is 0 Å². The zero-order valence-corrected chi connectivity index (χ0v) is 26.6. The third kappa shape index (κ3) is 28.5. The fraction of sp³-hybridized carbons (Fsp3) is 0.967. The lowest BCUT2D eigenvalue weighted by molar-refractivity contribution is -0.134. The normalized spacial score (nSPS) is 11.8. The molecule has 0 aliphatic rings. The topological polar surface area (TPSA) is 44.8 Å². The van der Waals surface area contributed by atoms with E-state index in [0.29, 0.717) is 6.42 Å². The highest BCUT2D eigenvalue weighted by Gasteiger charge is 2.04. The van der Waals surface area contributed by atoms with Crippen molar-refractivity contribution in [2.45, 2.75) is 166 Å². The van der Waals surface area contributed by atoms with Gasteiger partial charge in [-0.05, 0) is 37.5 Å². The van der Waals surface area contributed by atoms with Crippen molar-refractivity contribution in [3.8, 4) is 0 Å². The van der Waals surface area contributed by atoms with Gasteiger partial charge < -0.3 is 13.9 Å². The first-order valence-corrected chi connectivity index (χ1v) is 17.8. The quantitative estimate of drug-likeness (QED) is 0.0423. The summed E-state index contributed by atoms with van der Waals surface area (Å²) in [7, 11) is 2.81. The Labute approximate surface area is 233 Å². The number of unbranched alkanes of at least 4 members (excludes halogenated alkanes) is 20. The van der Waals surface area contributed by atoms with E-state index >= 15 is 0 Å². The Morgan fingerprint density at radius 2 is 0.972 bits per heavy atom. The Bertz CT molecular complexity index is 435. The van der Waals surface area contributed by atoms with Crippen molar-refractivity contribution in [1.29, 1.82) is 0 Å². The summed E-state index contributed by atoms with van der Waals surface area (Å²) in [5.74, 6) is 1.10. The molecule has 0 unspecified atom stereocenters. The van der Waals surface area contributed by atoms with Crippen molar-refractivity contribution >= 4 is 28.4 Å². The molecular weight excluding hydrogens is 484 g/mol. The summed E-state index contributed by atoms with van der Waals surface area (Å²) in [4.78, 5) is 11.9. The van der Waals surface area contributed by atoms with Crippen LogP contribution >= 0.6 is 12.6 Å². The van der Waals surface area contributed by atoms with Crippen LogP contribution in [0.3, 0.4) is 0 Å². The highest BCUT2D eigenvalue weighted by molar-refractivity contribution is 7.80. The van der Waals surface area contributed by atoms with Gasteiger partial charge in [-0.15, -0.1) is 0 Å². The molecule has 0 aromatic heterocycles. The van der Waals surface area contributed by atoms with Crippen molar-refractivity contribution in [2.75, 3.05) is 20.0 Å². The van der Waals surface area contributed by atoms with Crippen LogP contribution in [0.1, 0.15) is 154 Å². The maximum atomic E-state index is 11.9. The largest absolute Gasteiger partial charge is 0.525 e. The van der Waals surface area contributed by atoms with Gasteiger partial charge in [0.05, 0.1) is 0 Å². The molecule has 0 atom stereocenters. The van der Waals surface area contributed by atoms with Gasteiger partial charge in [0, 0.05) is 20.6 Å². The molecule has 0 bridgehead atoms. The minimum atomic E-state index is -0.625. The molecule has 216 valence electrons. The summed E-state index contributed by atoms with van der Waals surface area (Å²) in [6.45, 7) is 0. The first-order chi connectivity index (χ1) is 17.7. The average Bonchev–Trinajstić information content (AvgIpc) is 2.89. The van der Waals surface area contributed by atoms with Crippen molar-refractivity contribution in [2.24, 2.45) is 0 Å². The molecule has 6 heteroatoms. The molecule has 0 spiro atoms. The fourth-order valence-corrected chi connectivity index (χ4v) is 6.04. The highest BCUT2D eigenvalue weighted by Crippen LogP contribution is 2.15. The highest BCUT2D eigenvalue weighted by atomic mass is 32.1. The molecule has 0 aromatic rings. The van der Waals surface area contributed by atoms with Gasteiger partial charge in [-0.2, -0.15) is 12.6 Å². The van der Waals surface area contributed by atoms with E-state index < -0.39 is 9.76 Å². The number of ether oxygens (including phenoxy) is 2. The average molecular weight is 547 g/mol. The number of carbonyl (C=O) groups excluding carboxylic acids is 1. The molecule has 0 aromatic carbocycles. The Kier molecular flexibility index (Phi) is 31.1. The van der Waals surface area contributed by atoms with E-state index in [-0.39, 0.29) is 12.3 Å². The second kappa shape index (κ2) is 31.2. The van der Waals surface area contributed by atoms with Crippen LogP contribution in [0, 0.1) is 0 Å². The molecule has 0 heterocycles. The number of methoxy groups -OCH3 is 2. The van der Waals surface area contributed by atoms with Crippen LogP contribution in [-0.2, 0) is 18.7 Å². The Morgan fingerprint density at radius 3 is 1.42 bits per heavy atom. The Hall–Kier alpha value is -0.0431. The van der Waals surface area contributed by atoms with Gasteiger partial charge >= 0.3 is 0 Å². The number of hydrogen-bond donors (Lipinski definition) is 1. The van der Waals surface area contributed by atoms with Gasteiger partial charge in [0.15, 0.2) is 6.29 Å². The summed E-state index contributed by atoms with van der Waals surface area (Å²) in [6.07, 6.45) is 30.5. The van der Waals surface area contributed by atoms with Crippen LogP contribution in [0.4, 0.5) is 0 Å². The molecule has 4 nitrogen and oxygen atoms in total. The fourth-order valence-electron chi connectivity index (χ4n) is 4.74. The molecule has 0 saturated carbocycles. The van der Waals surface area contributed by atoms with Crippen molar-refractivity contribution in [3.63, 3.8) is 0 Å². The van der Waals surface area contributed by atoms with E-state index in [0.717, 1.165) is 24.6 Å². The smallest absolute Gasteiger partial charge is 0.292 e. The number of carbonyl (C=O) groups is 1. The second-order valence-electron chi connectivity index (χ2n) is 10.5. The minimum absolute atomic E-state index is 0.0225. The maximum Gasteiger partial charge on any atom is 0.292 e. The molecule has 0 fully saturated rings. The molecule has 0 radical (unpaired) electrons. The third-order valence-corrected chi connectivity index (χ3v) is 8.79. The predicted octanol–water partition coefficient (Wildman–Crippen LogP) is 8.94. The monoisotopic (exact) mass is 546 g/mol. The summed E-state index contributed by atoms with van der Waals surface area (Å²) < 4.78 is 16.0. The minimum Gasteiger partial charge on any atom is -0.525 e. The molecule has 0 saturated heterocycles. The van der Waals surface area contributed by atoms with Crippen molar-refractivity contribution in [1.82, 2.24) is 0 Å². The molecule has 36 heavy (non-hydrogen) atoms. The molecule has 0 N–H and O–H groups in total. The number of thiol groups is 1. The Balaban J connectivity index is 3.17. The standard InChI is InChI=1S/C30H62O4SSi/c1-32-30(33-2)26-22-18-14-10-8-6-4-3-5-7-9-13-17-21-25-29(31)34-36-28-24-20-16-12-11-15-19-23-27-35/h30,35H,3-28,36H2,1-2H3. The van der Waals surface area contributed by atoms with Crippen molar-refractivity contribution < 1.29 is 18.7 Å². The summed E-state index contributed by atoms with van der Waals surface area (Å²) in [5, 5.41) is 0. The predicted molar refractivity (Wildman–Crippen MR) is 162 cm³/mol. The number of hydrogen-bond acceptors (Lipinski definition) is 5. The van der Waals surface area contributed by atoms with Gasteiger partial charge in [-0.25, -0.2) is 0 Å². The van der Waals surface area contributed by atoms with Crippen LogP contribution in [0.2, 0.25) is 6.04 Å². The van der Waals surface area contributed by atoms with E-state index in [2.05, 4.69) is 12.6 Å². The zero-order chi connectivity index (χ0) is 26.4. The molecule has 0 aliphatic carbocycles. The van der Waals surface area contributed by atoms with Gasteiger partial charge in [-0.3, -0.25) is 4.79 Å². The second-order valence-corrected chi connectivity index (χ2v) is 12.4. The maximum absolute atomic E-state index is 11.9. The van der Waals surface area contributed by atoms with Crippen LogP contribution in [0.15, 0.2) is 0 Å². The van der Waals surface area contributed by atoms with E-state index in [9.17, 15) is 4.79 Å².